The van der Waals surface area contributed by atoms with Crippen molar-refractivity contribution < 1.29 is 4.79 Å². The summed E-state index contributed by atoms with van der Waals surface area (Å²) in [6.07, 6.45) is 1.73. The first kappa shape index (κ1) is 16.1. The van der Waals surface area contributed by atoms with Gasteiger partial charge >= 0.3 is 0 Å². The van der Waals surface area contributed by atoms with E-state index in [1.807, 2.05) is 74.5 Å². The van der Waals surface area contributed by atoms with Crippen molar-refractivity contribution in [2.75, 3.05) is 0 Å². The number of hydrogen-bond donors (Lipinski definition) is 0. The topological polar surface area (TPSA) is 42.9 Å². The van der Waals surface area contributed by atoms with E-state index >= 15 is 0 Å². The molecule has 0 N–H and O–H groups in total. The van der Waals surface area contributed by atoms with Gasteiger partial charge in [-0.15, -0.1) is 0 Å². The molecule has 24 heavy (non-hydrogen) atoms. The molecule has 0 amide bonds. The van der Waals surface area contributed by atoms with Crippen LogP contribution in [0.2, 0.25) is 0 Å². The van der Waals surface area contributed by atoms with E-state index in [1.165, 1.54) is 0 Å². The Hall–Kier alpha value is -2.81. The van der Waals surface area contributed by atoms with Crippen molar-refractivity contribution >= 4 is 5.78 Å². The van der Waals surface area contributed by atoms with Crippen LogP contribution in [0, 0.1) is 13.8 Å². The second-order valence-corrected chi connectivity index (χ2v) is 6.03. The molecule has 120 valence electrons. The van der Waals surface area contributed by atoms with Crippen LogP contribution in [0.15, 0.2) is 66.9 Å². The summed E-state index contributed by atoms with van der Waals surface area (Å²) >= 11 is 0. The summed E-state index contributed by atoms with van der Waals surface area (Å²) in [5, 5.41) is 0. The van der Waals surface area contributed by atoms with Crippen LogP contribution < -0.4 is 0 Å². The van der Waals surface area contributed by atoms with E-state index in [0.717, 1.165) is 28.2 Å². The molecule has 1 atom stereocenters. The first-order valence-corrected chi connectivity index (χ1v) is 7.99. The summed E-state index contributed by atoms with van der Waals surface area (Å²) in [4.78, 5) is 22.0. The highest BCUT2D eigenvalue weighted by atomic mass is 16.1. The standard InChI is InChI=1S/C21H20N2O/c1-15-13-19(14-16(2)23-15)21(17(3)24,18-9-5-4-6-10-18)20-11-7-8-12-22-20/h4-14H,1-3H3. The first-order chi connectivity index (χ1) is 11.5. The summed E-state index contributed by atoms with van der Waals surface area (Å²) in [5.41, 5.74) is 3.41. The van der Waals surface area contributed by atoms with Crippen LogP contribution in [0.3, 0.4) is 0 Å². The van der Waals surface area contributed by atoms with Crippen LogP contribution in [0.5, 0.6) is 0 Å². The average molecular weight is 316 g/mol. The zero-order valence-corrected chi connectivity index (χ0v) is 14.2. The summed E-state index contributed by atoms with van der Waals surface area (Å²) in [6.45, 7) is 5.53. The van der Waals surface area contributed by atoms with Crippen molar-refractivity contribution in [1.82, 2.24) is 9.97 Å². The van der Waals surface area contributed by atoms with Crippen molar-refractivity contribution in [1.29, 1.82) is 0 Å². The first-order valence-electron chi connectivity index (χ1n) is 7.99. The number of ketones is 1. The minimum Gasteiger partial charge on any atom is -0.298 e. The highest BCUT2D eigenvalue weighted by molar-refractivity contribution is 5.95. The zero-order valence-electron chi connectivity index (χ0n) is 14.2. The molecule has 3 heteroatoms. The van der Waals surface area contributed by atoms with Crippen LogP contribution in [-0.4, -0.2) is 15.8 Å². The molecule has 0 aliphatic rings. The highest BCUT2D eigenvalue weighted by Crippen LogP contribution is 2.39. The number of hydrogen-bond acceptors (Lipinski definition) is 3. The maximum atomic E-state index is 13.0. The summed E-state index contributed by atoms with van der Waals surface area (Å²) in [5.74, 6) is 0.0393. The van der Waals surface area contributed by atoms with E-state index < -0.39 is 5.41 Å². The third kappa shape index (κ3) is 2.62. The van der Waals surface area contributed by atoms with Crippen LogP contribution in [0.4, 0.5) is 0 Å². The molecule has 0 spiro atoms. The van der Waals surface area contributed by atoms with E-state index in [0.29, 0.717) is 0 Å². The van der Waals surface area contributed by atoms with Crippen molar-refractivity contribution in [2.45, 2.75) is 26.2 Å². The van der Waals surface area contributed by atoms with Crippen molar-refractivity contribution in [3.63, 3.8) is 0 Å². The fourth-order valence-corrected chi connectivity index (χ4v) is 3.37. The Morgan fingerprint density at radius 1 is 0.875 bits per heavy atom. The summed E-state index contributed by atoms with van der Waals surface area (Å²) in [6, 6.07) is 19.5. The predicted molar refractivity (Wildman–Crippen MR) is 95.0 cm³/mol. The Morgan fingerprint density at radius 3 is 2.04 bits per heavy atom. The van der Waals surface area contributed by atoms with Gasteiger partial charge in [0, 0.05) is 17.6 Å². The van der Waals surface area contributed by atoms with Gasteiger partial charge in [-0.05, 0) is 56.2 Å². The number of nitrogens with zero attached hydrogens (tertiary/aromatic N) is 2. The summed E-state index contributed by atoms with van der Waals surface area (Å²) < 4.78 is 0. The van der Waals surface area contributed by atoms with Gasteiger partial charge in [0.1, 0.15) is 5.41 Å². The lowest BCUT2D eigenvalue weighted by Crippen LogP contribution is -2.38. The fraction of sp³-hybridized carbons (Fsp3) is 0.190. The second kappa shape index (κ2) is 6.36. The van der Waals surface area contributed by atoms with Gasteiger partial charge in [0.15, 0.2) is 5.78 Å². The van der Waals surface area contributed by atoms with Gasteiger partial charge in [0.25, 0.3) is 0 Å². The van der Waals surface area contributed by atoms with Crippen LogP contribution in [0.1, 0.15) is 35.1 Å². The molecule has 0 aliphatic carbocycles. The monoisotopic (exact) mass is 316 g/mol. The number of aryl methyl sites for hydroxylation is 2. The molecule has 0 saturated carbocycles. The van der Waals surface area contributed by atoms with E-state index in [4.69, 9.17) is 0 Å². The molecule has 0 fully saturated rings. The molecule has 3 rings (SSSR count). The number of Topliss-reactive ketones (excluding diaryl/α,β-unsaturated/α-hetero) is 1. The minimum atomic E-state index is -0.930. The lowest BCUT2D eigenvalue weighted by Gasteiger charge is -2.32. The fourth-order valence-electron chi connectivity index (χ4n) is 3.37. The van der Waals surface area contributed by atoms with Crippen LogP contribution >= 0.6 is 0 Å². The smallest absolute Gasteiger partial charge is 0.150 e. The van der Waals surface area contributed by atoms with Gasteiger partial charge < -0.3 is 0 Å². The minimum absolute atomic E-state index is 0.0393. The Kier molecular flexibility index (Phi) is 4.26. The van der Waals surface area contributed by atoms with Gasteiger partial charge in [0.2, 0.25) is 0 Å². The predicted octanol–water partition coefficient (Wildman–Crippen LogP) is 4.02. The maximum absolute atomic E-state index is 13.0. The SMILES string of the molecule is CC(=O)C(c1ccccc1)(c1cc(C)nc(C)c1)c1ccccn1. The molecule has 2 aromatic heterocycles. The van der Waals surface area contributed by atoms with Crippen molar-refractivity contribution in [2.24, 2.45) is 0 Å². The maximum Gasteiger partial charge on any atom is 0.150 e. The molecular weight excluding hydrogens is 296 g/mol. The average Bonchev–Trinajstić information content (AvgIpc) is 2.56. The van der Waals surface area contributed by atoms with E-state index in [-0.39, 0.29) is 5.78 Å². The number of carbonyl (C=O) groups excluding carboxylic acids is 1. The number of aromatic nitrogens is 2. The Morgan fingerprint density at radius 2 is 1.50 bits per heavy atom. The van der Waals surface area contributed by atoms with Gasteiger partial charge in [-0.2, -0.15) is 0 Å². The third-order valence-corrected chi connectivity index (χ3v) is 4.30. The van der Waals surface area contributed by atoms with Gasteiger partial charge in [-0.3, -0.25) is 14.8 Å². The molecule has 2 heterocycles. The molecule has 1 unspecified atom stereocenters. The molecule has 0 saturated heterocycles. The Bertz CT molecular complexity index is 798. The van der Waals surface area contributed by atoms with Gasteiger partial charge in [-0.25, -0.2) is 0 Å². The quantitative estimate of drug-likeness (QED) is 0.730. The lowest BCUT2D eigenvalue weighted by molar-refractivity contribution is -0.120. The molecular formula is C21H20N2O. The number of carbonyl (C=O) groups is 1. The number of rotatable bonds is 4. The molecule has 0 bridgehead atoms. The zero-order chi connectivity index (χ0) is 17.2. The third-order valence-electron chi connectivity index (χ3n) is 4.30. The molecule has 0 aliphatic heterocycles. The molecule has 3 nitrogen and oxygen atoms in total. The normalized spacial score (nSPS) is 13.3. The van der Waals surface area contributed by atoms with Crippen molar-refractivity contribution in [3.05, 3.63) is 95.1 Å². The number of pyridine rings is 2. The Labute approximate surface area is 142 Å². The molecule has 3 aromatic rings. The molecule has 0 radical (unpaired) electrons. The Balaban J connectivity index is 2.41. The van der Waals surface area contributed by atoms with Crippen LogP contribution in [-0.2, 0) is 10.2 Å². The van der Waals surface area contributed by atoms with Crippen molar-refractivity contribution in [3.8, 4) is 0 Å². The highest BCUT2D eigenvalue weighted by Gasteiger charge is 2.42. The van der Waals surface area contributed by atoms with Crippen LogP contribution in [0.25, 0.3) is 0 Å². The van der Waals surface area contributed by atoms with E-state index in [1.54, 1.807) is 13.1 Å². The summed E-state index contributed by atoms with van der Waals surface area (Å²) in [7, 11) is 0. The van der Waals surface area contributed by atoms with Gasteiger partial charge in [0.05, 0.1) is 5.69 Å². The molecule has 1 aromatic carbocycles. The lowest BCUT2D eigenvalue weighted by atomic mass is 9.69. The van der Waals surface area contributed by atoms with E-state index in [9.17, 15) is 4.79 Å². The van der Waals surface area contributed by atoms with E-state index in [2.05, 4.69) is 9.97 Å². The largest absolute Gasteiger partial charge is 0.298 e. The number of benzene rings is 1. The van der Waals surface area contributed by atoms with Gasteiger partial charge in [-0.1, -0.05) is 36.4 Å². The second-order valence-electron chi connectivity index (χ2n) is 6.03.